The summed E-state index contributed by atoms with van der Waals surface area (Å²) in [7, 11) is 0. The lowest BCUT2D eigenvalue weighted by atomic mass is 10.0. The van der Waals surface area contributed by atoms with Crippen LogP contribution in [0.5, 0.6) is 0 Å². The molecule has 1 saturated heterocycles. The Morgan fingerprint density at radius 2 is 1.32 bits per heavy atom. The maximum Gasteiger partial charge on any atom is 0.282 e. The van der Waals surface area contributed by atoms with Gasteiger partial charge >= 0.3 is 0 Å². The van der Waals surface area contributed by atoms with Gasteiger partial charge in [0.25, 0.3) is 11.8 Å². The van der Waals surface area contributed by atoms with Crippen molar-refractivity contribution in [3.63, 3.8) is 0 Å². The molecule has 2 heterocycles. The van der Waals surface area contributed by atoms with Gasteiger partial charge < -0.3 is 10.2 Å². The number of amides is 2. The number of carbonyl (C=O) groups excluding carboxylic acids is 2. The molecule has 3 aromatic carbocycles. The van der Waals surface area contributed by atoms with Crippen LogP contribution in [-0.4, -0.2) is 24.9 Å². The molecule has 172 valence electrons. The largest absolute Gasteiger partial charge is 0.372 e. The lowest BCUT2D eigenvalue weighted by molar-refractivity contribution is -0.120. The van der Waals surface area contributed by atoms with E-state index in [9.17, 15) is 9.59 Å². The summed E-state index contributed by atoms with van der Waals surface area (Å²) in [6, 6.07) is 21.5. The molecule has 0 unspecified atom stereocenters. The Morgan fingerprint density at radius 3 is 1.97 bits per heavy atom. The maximum absolute atomic E-state index is 13.7. The number of carbonyl (C=O) groups is 2. The zero-order chi connectivity index (χ0) is 23.8. The third kappa shape index (κ3) is 3.98. The van der Waals surface area contributed by atoms with E-state index in [1.807, 2.05) is 81.4 Å². The van der Waals surface area contributed by atoms with E-state index in [4.69, 9.17) is 0 Å². The molecule has 1 fully saturated rings. The molecule has 0 bridgehead atoms. The standard InChI is InChI=1S/C29H29N3O2/c1-19-6-9-22(10-7-19)26-27(30-25-15-8-20(2)18-21(25)3)29(34)32(28(26)33)24-13-11-23(12-14-24)31-16-4-5-17-31/h6-15,18,30H,4-5,16-17H2,1-3H3. The molecule has 0 radical (unpaired) electrons. The van der Waals surface area contributed by atoms with E-state index in [0.717, 1.165) is 46.7 Å². The van der Waals surface area contributed by atoms with Crippen molar-refractivity contribution in [2.45, 2.75) is 33.6 Å². The van der Waals surface area contributed by atoms with Crippen molar-refractivity contribution in [2.75, 3.05) is 28.2 Å². The minimum Gasteiger partial charge on any atom is -0.372 e. The number of anilines is 3. The van der Waals surface area contributed by atoms with Gasteiger partial charge in [-0.15, -0.1) is 0 Å². The van der Waals surface area contributed by atoms with E-state index in [2.05, 4.69) is 16.3 Å². The molecule has 0 aromatic heterocycles. The molecule has 0 atom stereocenters. The quantitative estimate of drug-likeness (QED) is 0.513. The van der Waals surface area contributed by atoms with E-state index in [1.54, 1.807) is 0 Å². The van der Waals surface area contributed by atoms with Crippen molar-refractivity contribution in [2.24, 2.45) is 0 Å². The number of aryl methyl sites for hydroxylation is 3. The van der Waals surface area contributed by atoms with Crippen molar-refractivity contribution in [1.82, 2.24) is 0 Å². The minimum atomic E-state index is -0.338. The summed E-state index contributed by atoms with van der Waals surface area (Å²) in [6.07, 6.45) is 2.39. The summed E-state index contributed by atoms with van der Waals surface area (Å²) in [5.41, 5.74) is 7.22. The minimum absolute atomic E-state index is 0.310. The SMILES string of the molecule is Cc1ccc(C2=C(Nc3ccc(C)cc3C)C(=O)N(c3ccc(N4CCCC4)cc3)C2=O)cc1. The highest BCUT2D eigenvalue weighted by atomic mass is 16.2. The number of nitrogens with zero attached hydrogens (tertiary/aromatic N) is 2. The average molecular weight is 452 g/mol. The van der Waals surface area contributed by atoms with E-state index >= 15 is 0 Å². The Labute approximate surface area is 200 Å². The van der Waals surface area contributed by atoms with Gasteiger partial charge in [0.15, 0.2) is 0 Å². The summed E-state index contributed by atoms with van der Waals surface area (Å²) >= 11 is 0. The van der Waals surface area contributed by atoms with Crippen molar-refractivity contribution >= 4 is 34.4 Å². The summed E-state index contributed by atoms with van der Waals surface area (Å²) in [4.78, 5) is 31.0. The third-order valence-electron chi connectivity index (χ3n) is 6.64. The zero-order valence-electron chi connectivity index (χ0n) is 19.9. The normalized spacial score (nSPS) is 16.1. The first-order valence-electron chi connectivity index (χ1n) is 11.8. The van der Waals surface area contributed by atoms with Crippen LogP contribution >= 0.6 is 0 Å². The highest BCUT2D eigenvalue weighted by Crippen LogP contribution is 2.35. The zero-order valence-corrected chi connectivity index (χ0v) is 19.9. The van der Waals surface area contributed by atoms with Crippen LogP contribution in [0, 0.1) is 20.8 Å². The van der Waals surface area contributed by atoms with Crippen LogP contribution in [0.3, 0.4) is 0 Å². The van der Waals surface area contributed by atoms with Gasteiger partial charge in [-0.2, -0.15) is 0 Å². The fraction of sp³-hybridized carbons (Fsp3) is 0.241. The van der Waals surface area contributed by atoms with Gasteiger partial charge in [-0.1, -0.05) is 47.5 Å². The van der Waals surface area contributed by atoms with E-state index in [1.165, 1.54) is 17.7 Å². The second-order valence-electron chi connectivity index (χ2n) is 9.22. The molecular formula is C29H29N3O2. The second-order valence-corrected chi connectivity index (χ2v) is 9.22. The molecule has 0 saturated carbocycles. The highest BCUT2D eigenvalue weighted by Gasteiger charge is 2.40. The predicted molar refractivity (Wildman–Crippen MR) is 138 cm³/mol. The Kier molecular flexibility index (Phi) is 5.70. The van der Waals surface area contributed by atoms with Gasteiger partial charge in [-0.25, -0.2) is 4.90 Å². The van der Waals surface area contributed by atoms with Crippen LogP contribution in [0.25, 0.3) is 5.57 Å². The van der Waals surface area contributed by atoms with Crippen LogP contribution in [0.15, 0.2) is 72.4 Å². The Balaban J connectivity index is 1.53. The number of hydrogen-bond acceptors (Lipinski definition) is 4. The van der Waals surface area contributed by atoms with E-state index < -0.39 is 0 Å². The van der Waals surface area contributed by atoms with E-state index in [-0.39, 0.29) is 11.8 Å². The monoisotopic (exact) mass is 451 g/mol. The molecule has 1 N–H and O–H groups in total. The molecule has 3 aromatic rings. The lowest BCUT2D eigenvalue weighted by Crippen LogP contribution is -2.32. The number of benzene rings is 3. The van der Waals surface area contributed by atoms with Crippen LogP contribution in [0.4, 0.5) is 17.1 Å². The lowest BCUT2D eigenvalue weighted by Gasteiger charge is -2.20. The first kappa shape index (κ1) is 22.0. The number of rotatable bonds is 5. The summed E-state index contributed by atoms with van der Waals surface area (Å²) in [5.74, 6) is -0.649. The Morgan fingerprint density at radius 1 is 0.706 bits per heavy atom. The highest BCUT2D eigenvalue weighted by molar-refractivity contribution is 6.46. The van der Waals surface area contributed by atoms with Crippen LogP contribution in [0.2, 0.25) is 0 Å². The molecular weight excluding hydrogens is 422 g/mol. The number of hydrogen-bond donors (Lipinski definition) is 1. The molecule has 2 aliphatic rings. The van der Waals surface area contributed by atoms with Gasteiger partial charge in [0.2, 0.25) is 0 Å². The van der Waals surface area contributed by atoms with Crippen molar-refractivity contribution < 1.29 is 9.59 Å². The maximum atomic E-state index is 13.7. The summed E-state index contributed by atoms with van der Waals surface area (Å²) < 4.78 is 0. The van der Waals surface area contributed by atoms with Crippen LogP contribution in [-0.2, 0) is 9.59 Å². The fourth-order valence-electron chi connectivity index (χ4n) is 4.74. The van der Waals surface area contributed by atoms with Gasteiger partial charge in [-0.3, -0.25) is 9.59 Å². The first-order valence-corrected chi connectivity index (χ1v) is 11.8. The van der Waals surface area contributed by atoms with Gasteiger partial charge in [-0.05, 0) is 75.1 Å². The predicted octanol–water partition coefficient (Wildman–Crippen LogP) is 5.61. The topological polar surface area (TPSA) is 52.7 Å². The average Bonchev–Trinajstić information content (AvgIpc) is 3.44. The summed E-state index contributed by atoms with van der Waals surface area (Å²) in [5, 5.41) is 3.29. The van der Waals surface area contributed by atoms with Gasteiger partial charge in [0.1, 0.15) is 5.70 Å². The second kappa shape index (κ2) is 8.82. The molecule has 5 rings (SSSR count). The third-order valence-corrected chi connectivity index (χ3v) is 6.64. The Hall–Kier alpha value is -3.86. The molecule has 5 nitrogen and oxygen atoms in total. The van der Waals surface area contributed by atoms with Crippen molar-refractivity contribution in [1.29, 1.82) is 0 Å². The van der Waals surface area contributed by atoms with Gasteiger partial charge in [0.05, 0.1) is 11.3 Å². The molecule has 34 heavy (non-hydrogen) atoms. The number of imide groups is 1. The van der Waals surface area contributed by atoms with Crippen molar-refractivity contribution in [3.05, 3.63) is 94.7 Å². The molecule has 2 aliphatic heterocycles. The number of nitrogens with one attached hydrogen (secondary N) is 1. The fourth-order valence-corrected chi connectivity index (χ4v) is 4.74. The van der Waals surface area contributed by atoms with Crippen LogP contribution < -0.4 is 15.1 Å². The Bertz CT molecular complexity index is 1280. The first-order chi connectivity index (χ1) is 16.4. The summed E-state index contributed by atoms with van der Waals surface area (Å²) in [6.45, 7) is 8.12. The van der Waals surface area contributed by atoms with Crippen molar-refractivity contribution in [3.8, 4) is 0 Å². The van der Waals surface area contributed by atoms with Crippen LogP contribution in [0.1, 0.15) is 35.1 Å². The van der Waals surface area contributed by atoms with E-state index in [0.29, 0.717) is 17.0 Å². The molecule has 2 amide bonds. The smallest absolute Gasteiger partial charge is 0.282 e. The molecule has 0 aliphatic carbocycles. The molecule has 0 spiro atoms. The van der Waals surface area contributed by atoms with Gasteiger partial charge in [0, 0.05) is 24.5 Å². The molecule has 5 heteroatoms.